The number of benzene rings is 1. The van der Waals surface area contributed by atoms with Crippen molar-refractivity contribution in [3.8, 4) is 0 Å². The van der Waals surface area contributed by atoms with Gasteiger partial charge >= 0.3 is 11.9 Å². The number of aromatic amines is 2. The minimum Gasteiger partial charge on any atom is -0.478 e. The molecule has 0 spiro atoms. The SMILES string of the molecule is CC(=O)O[C@H]1C[C@@]2(C)[C@@H](C[C@@H](O)C3[C@]2(C)CC[C@H]2[C@H](C)[C@H](O)CC[C@]32C)/C1=C(/CCC=C(C)C)C(=O)O.Clc1cc(Cl)c2c(Cl)c(CNCCCNc3nc4ncccc4[nH]3)[nH]c2c1. The van der Waals surface area contributed by atoms with Crippen LogP contribution >= 0.6 is 34.8 Å². The van der Waals surface area contributed by atoms with E-state index in [-0.39, 0.29) is 40.1 Å². The molecule has 10 atom stereocenters. The minimum atomic E-state index is -0.953. The van der Waals surface area contributed by atoms with Crippen molar-refractivity contribution >= 4 is 74.8 Å². The summed E-state index contributed by atoms with van der Waals surface area (Å²) in [6.45, 7) is 16.7. The summed E-state index contributed by atoms with van der Waals surface area (Å²) in [6, 6.07) is 7.35. The zero-order valence-electron chi connectivity index (χ0n) is 38.1. The first kappa shape index (κ1) is 48.3. The van der Waals surface area contributed by atoms with E-state index in [2.05, 4.69) is 58.3 Å². The summed E-state index contributed by atoms with van der Waals surface area (Å²) < 4.78 is 5.87. The van der Waals surface area contributed by atoms with E-state index in [0.29, 0.717) is 64.4 Å². The molecular formula is C49H65Cl3N6O6. The fourth-order valence-electron chi connectivity index (χ4n) is 12.7. The van der Waals surface area contributed by atoms with E-state index in [1.54, 1.807) is 12.3 Å². The molecule has 1 aromatic carbocycles. The van der Waals surface area contributed by atoms with Gasteiger partial charge in [-0.2, -0.15) is 4.98 Å². The smallest absolute Gasteiger partial charge is 0.331 e. The minimum absolute atomic E-state index is 0.0474. The van der Waals surface area contributed by atoms with E-state index >= 15 is 0 Å². The molecule has 8 rings (SSSR count). The van der Waals surface area contributed by atoms with Gasteiger partial charge in [-0.05, 0) is 148 Å². The summed E-state index contributed by atoms with van der Waals surface area (Å²) in [6.07, 6.45) is 8.88. The number of carbonyl (C=O) groups is 2. The third kappa shape index (κ3) is 9.21. The molecule has 4 fully saturated rings. The van der Waals surface area contributed by atoms with Gasteiger partial charge in [-0.3, -0.25) is 4.79 Å². The third-order valence-electron chi connectivity index (χ3n) is 15.8. The van der Waals surface area contributed by atoms with Crippen molar-refractivity contribution in [2.24, 2.45) is 39.9 Å². The summed E-state index contributed by atoms with van der Waals surface area (Å²) >= 11 is 18.7. The highest BCUT2D eigenvalue weighted by atomic mass is 35.5. The fourth-order valence-corrected chi connectivity index (χ4v) is 13.7. The van der Waals surface area contributed by atoms with E-state index in [9.17, 15) is 24.9 Å². The number of carboxylic acid groups (broad SMARTS) is 1. The molecule has 12 nitrogen and oxygen atoms in total. The van der Waals surface area contributed by atoms with Crippen LogP contribution in [-0.4, -0.2) is 78.6 Å². The van der Waals surface area contributed by atoms with Crippen LogP contribution in [0.15, 0.2) is 53.3 Å². The first-order valence-electron chi connectivity index (χ1n) is 22.8. The molecule has 4 aliphatic carbocycles. The van der Waals surface area contributed by atoms with Gasteiger partial charge in [0.2, 0.25) is 5.95 Å². The highest BCUT2D eigenvalue weighted by Crippen LogP contribution is 2.74. The number of aromatic nitrogens is 4. The second-order valence-corrected chi connectivity index (χ2v) is 21.0. The number of aliphatic hydroxyl groups excluding tert-OH is 2. The summed E-state index contributed by atoms with van der Waals surface area (Å²) in [5.41, 5.74) is 4.94. The number of pyridine rings is 1. The van der Waals surface area contributed by atoms with Crippen molar-refractivity contribution in [3.05, 3.63) is 74.0 Å². The van der Waals surface area contributed by atoms with Gasteiger partial charge in [0, 0.05) is 47.9 Å². The van der Waals surface area contributed by atoms with Crippen LogP contribution in [0.5, 0.6) is 0 Å². The monoisotopic (exact) mass is 938 g/mol. The zero-order valence-corrected chi connectivity index (χ0v) is 40.4. The van der Waals surface area contributed by atoms with Crippen molar-refractivity contribution in [1.82, 2.24) is 25.3 Å². The van der Waals surface area contributed by atoms with E-state index < -0.39 is 24.1 Å². The number of allylic oxidation sites excluding steroid dienone is 2. The van der Waals surface area contributed by atoms with E-state index in [1.165, 1.54) is 6.92 Å². The lowest BCUT2D eigenvalue weighted by Crippen LogP contribution is -2.65. The Morgan fingerprint density at radius 3 is 2.47 bits per heavy atom. The number of aliphatic hydroxyl groups is 2. The topological polar surface area (TPSA) is 185 Å². The van der Waals surface area contributed by atoms with Gasteiger partial charge in [-0.1, -0.05) is 74.1 Å². The highest BCUT2D eigenvalue weighted by molar-refractivity contribution is 6.44. The Morgan fingerprint density at radius 1 is 1.00 bits per heavy atom. The Morgan fingerprint density at radius 2 is 1.77 bits per heavy atom. The summed E-state index contributed by atoms with van der Waals surface area (Å²) in [5.74, 6) is -0.179. The van der Waals surface area contributed by atoms with Crippen LogP contribution in [0.3, 0.4) is 0 Å². The predicted molar refractivity (Wildman–Crippen MR) is 255 cm³/mol. The molecule has 3 aromatic heterocycles. The average molecular weight is 940 g/mol. The molecule has 15 heteroatoms. The zero-order chi connectivity index (χ0) is 46.3. The van der Waals surface area contributed by atoms with Crippen molar-refractivity contribution in [2.75, 3.05) is 18.4 Å². The number of carbonyl (C=O) groups excluding carboxylic acids is 1. The van der Waals surface area contributed by atoms with Crippen molar-refractivity contribution in [1.29, 1.82) is 0 Å². The number of hydrogen-bond acceptors (Lipinski definition) is 9. The van der Waals surface area contributed by atoms with E-state index in [0.717, 1.165) is 84.4 Å². The second-order valence-electron chi connectivity index (χ2n) is 19.8. The Kier molecular flexibility index (Phi) is 14.6. The van der Waals surface area contributed by atoms with Crippen molar-refractivity contribution < 1.29 is 29.6 Å². The summed E-state index contributed by atoms with van der Waals surface area (Å²) in [7, 11) is 0. The maximum Gasteiger partial charge on any atom is 0.331 e. The predicted octanol–water partition coefficient (Wildman–Crippen LogP) is 10.7. The number of nitrogens with zero attached hydrogens (tertiary/aromatic N) is 2. The standard InChI is InChI=1S/C31H48O6.C18H17Cl3N6/c1-17(2)9-8-10-20(28(35)36)26-22-15-24(34)27-29(5)13-12-23(33)18(3)21(29)11-14-30(27,6)31(22,7)16-25(26)37-19(4)32;19-10-7-11(20)15-13(8-10)25-14(16(15)21)9-22-4-2-6-24-18-26-12-3-1-5-23-17(12)27-18/h9,18,21-25,27,33-34H,8,10-16H2,1-7H3,(H,35,36);1,3,5,7-8,22,25H,2,4,6,9H2,(H2,23,24,26,27)/b26-20+;/t18-,21-,22-,23+,24+,25-,27?,29-,30-,31-;/m0./s1. The molecule has 0 radical (unpaired) electrons. The normalized spacial score (nSPS) is 31.6. The Hall–Kier alpha value is -3.65. The molecule has 0 saturated heterocycles. The van der Waals surface area contributed by atoms with E-state index in [4.69, 9.17) is 39.5 Å². The number of nitrogens with one attached hydrogen (secondary N) is 4. The van der Waals surface area contributed by atoms with Crippen molar-refractivity contribution in [3.63, 3.8) is 0 Å². The molecule has 1 unspecified atom stereocenters. The molecule has 0 bridgehead atoms. The van der Waals surface area contributed by atoms with Gasteiger partial charge in [-0.25, -0.2) is 9.78 Å². The molecule has 3 heterocycles. The number of fused-ring (bicyclic) bond motifs is 7. The van der Waals surface area contributed by atoms with Crippen LogP contribution in [0.4, 0.5) is 5.95 Å². The molecule has 0 amide bonds. The van der Waals surface area contributed by atoms with Crippen LogP contribution in [0.1, 0.15) is 112 Å². The molecule has 64 heavy (non-hydrogen) atoms. The molecular weight excluding hydrogens is 875 g/mol. The van der Waals surface area contributed by atoms with Gasteiger partial charge in [0.1, 0.15) is 6.10 Å². The average Bonchev–Trinajstić information content (AvgIpc) is 3.86. The van der Waals surface area contributed by atoms with Gasteiger partial charge < -0.3 is 40.7 Å². The highest BCUT2D eigenvalue weighted by Gasteiger charge is 2.70. The molecule has 7 N–H and O–H groups in total. The van der Waals surface area contributed by atoms with Crippen LogP contribution in [0.2, 0.25) is 15.1 Å². The number of aliphatic carboxylic acids is 1. The fraction of sp³-hybridized carbons (Fsp3) is 0.592. The maximum absolute atomic E-state index is 12.6. The van der Waals surface area contributed by atoms with Crippen LogP contribution in [0, 0.1) is 39.9 Å². The van der Waals surface area contributed by atoms with Crippen LogP contribution in [-0.2, 0) is 20.9 Å². The molecule has 4 saturated carbocycles. The summed E-state index contributed by atoms with van der Waals surface area (Å²) in [4.78, 5) is 39.9. The Labute approximate surface area is 391 Å². The lowest BCUT2D eigenvalue weighted by atomic mass is 9.36. The molecule has 0 aliphatic heterocycles. The third-order valence-corrected chi connectivity index (χ3v) is 16.7. The number of H-pyrrole nitrogens is 2. The van der Waals surface area contributed by atoms with E-state index in [1.807, 2.05) is 38.1 Å². The molecule has 4 aromatic rings. The van der Waals surface area contributed by atoms with Gasteiger partial charge in [0.15, 0.2) is 5.65 Å². The Bertz CT molecular complexity index is 2400. The van der Waals surface area contributed by atoms with Gasteiger partial charge in [0.25, 0.3) is 0 Å². The van der Waals surface area contributed by atoms with Crippen LogP contribution in [0.25, 0.3) is 22.1 Å². The quantitative estimate of drug-likeness (QED) is 0.0312. The van der Waals surface area contributed by atoms with Gasteiger partial charge in [-0.15, -0.1) is 0 Å². The number of imidazole rings is 1. The number of halogens is 3. The largest absolute Gasteiger partial charge is 0.478 e. The number of hydrogen-bond donors (Lipinski definition) is 7. The Balaban J connectivity index is 0.000000201. The number of rotatable bonds is 12. The first-order valence-corrected chi connectivity index (χ1v) is 24.0. The summed E-state index contributed by atoms with van der Waals surface area (Å²) in [5, 5.41) is 42.1. The molecule has 348 valence electrons. The number of ether oxygens (including phenoxy) is 1. The lowest BCUT2D eigenvalue weighted by Gasteiger charge is -2.69. The maximum atomic E-state index is 12.6. The molecule has 4 aliphatic rings. The number of anilines is 1. The number of esters is 1. The van der Waals surface area contributed by atoms with Crippen molar-refractivity contribution in [2.45, 2.75) is 131 Å². The second kappa shape index (κ2) is 19.3. The lowest BCUT2D eigenvalue weighted by molar-refractivity contribution is -0.234. The van der Waals surface area contributed by atoms with Gasteiger partial charge in [0.05, 0.1) is 33.3 Å². The number of carboxylic acids is 1. The first-order chi connectivity index (χ1) is 30.3. The van der Waals surface area contributed by atoms with Crippen LogP contribution < -0.4 is 10.6 Å².